The molecule has 0 saturated heterocycles. The number of methoxy groups -OCH3 is 2. The van der Waals surface area contributed by atoms with E-state index in [9.17, 15) is 0 Å². The average molecular weight is 398 g/mol. The second-order valence-electron chi connectivity index (χ2n) is 6.24. The van der Waals surface area contributed by atoms with E-state index in [0.29, 0.717) is 30.5 Å². The largest absolute Gasteiger partial charge is 0.496 e. The monoisotopic (exact) mass is 397 g/mol. The summed E-state index contributed by atoms with van der Waals surface area (Å²) < 4.78 is 17.0. The summed E-state index contributed by atoms with van der Waals surface area (Å²) in [6.07, 6.45) is 0. The molecule has 28 heavy (non-hydrogen) atoms. The summed E-state index contributed by atoms with van der Waals surface area (Å²) in [5, 5.41) is 4.14. The topological polar surface area (TPSA) is 39.7 Å². The fourth-order valence-corrected chi connectivity index (χ4v) is 3.16. The number of benzene rings is 3. The SMILES string of the molecule is COc1ccccc1CNCc1cccc(OC)c1OCc1ccccc1Cl. The van der Waals surface area contributed by atoms with E-state index in [0.717, 1.165) is 28.2 Å². The molecule has 5 heteroatoms. The first kappa shape index (κ1) is 20.1. The molecule has 0 aliphatic heterocycles. The van der Waals surface area contributed by atoms with Gasteiger partial charge in [-0.1, -0.05) is 60.1 Å². The number of halogens is 1. The maximum absolute atomic E-state index is 6.25. The molecule has 146 valence electrons. The van der Waals surface area contributed by atoms with Gasteiger partial charge in [-0.3, -0.25) is 0 Å². The van der Waals surface area contributed by atoms with Crippen LogP contribution in [0, 0.1) is 0 Å². The Morgan fingerprint density at radius 2 is 1.32 bits per heavy atom. The molecule has 0 unspecified atom stereocenters. The molecule has 0 amide bonds. The van der Waals surface area contributed by atoms with Crippen molar-refractivity contribution >= 4 is 11.6 Å². The van der Waals surface area contributed by atoms with Gasteiger partial charge in [0.05, 0.1) is 14.2 Å². The van der Waals surface area contributed by atoms with Crippen molar-refractivity contribution in [1.82, 2.24) is 5.32 Å². The molecule has 0 atom stereocenters. The molecule has 4 nitrogen and oxygen atoms in total. The van der Waals surface area contributed by atoms with E-state index >= 15 is 0 Å². The Hall–Kier alpha value is -2.69. The predicted octanol–water partition coefficient (Wildman–Crippen LogP) is 5.23. The molecule has 0 radical (unpaired) electrons. The maximum Gasteiger partial charge on any atom is 0.166 e. The van der Waals surface area contributed by atoms with Crippen LogP contribution in [0.4, 0.5) is 0 Å². The van der Waals surface area contributed by atoms with Gasteiger partial charge >= 0.3 is 0 Å². The summed E-state index contributed by atoms with van der Waals surface area (Å²) in [5.41, 5.74) is 3.05. The van der Waals surface area contributed by atoms with Crippen LogP contribution in [-0.4, -0.2) is 14.2 Å². The molecule has 1 N–H and O–H groups in total. The average Bonchev–Trinajstić information content (AvgIpc) is 2.74. The molecule has 0 aromatic heterocycles. The zero-order valence-electron chi connectivity index (χ0n) is 16.1. The van der Waals surface area contributed by atoms with Crippen LogP contribution in [0.25, 0.3) is 0 Å². The lowest BCUT2D eigenvalue weighted by molar-refractivity contribution is 0.280. The van der Waals surface area contributed by atoms with Crippen LogP contribution in [0.2, 0.25) is 5.02 Å². The van der Waals surface area contributed by atoms with E-state index in [-0.39, 0.29) is 0 Å². The third kappa shape index (κ3) is 4.97. The van der Waals surface area contributed by atoms with E-state index in [2.05, 4.69) is 5.32 Å². The van der Waals surface area contributed by atoms with E-state index in [4.69, 9.17) is 25.8 Å². The predicted molar refractivity (Wildman–Crippen MR) is 112 cm³/mol. The second kappa shape index (κ2) is 10.0. The first-order valence-electron chi connectivity index (χ1n) is 9.07. The normalized spacial score (nSPS) is 10.5. The molecule has 0 aliphatic carbocycles. The minimum atomic E-state index is 0.375. The Balaban J connectivity index is 1.71. The summed E-state index contributed by atoms with van der Waals surface area (Å²) in [5.74, 6) is 2.29. The minimum absolute atomic E-state index is 0.375. The Labute approximate surface area is 171 Å². The van der Waals surface area contributed by atoms with Gasteiger partial charge in [-0.05, 0) is 18.2 Å². The van der Waals surface area contributed by atoms with E-state index in [1.807, 2.05) is 66.7 Å². The number of ether oxygens (including phenoxy) is 3. The number of hydrogen-bond donors (Lipinski definition) is 1. The van der Waals surface area contributed by atoms with Gasteiger partial charge in [-0.15, -0.1) is 0 Å². The van der Waals surface area contributed by atoms with Crippen molar-refractivity contribution < 1.29 is 14.2 Å². The molecule has 0 spiro atoms. The standard InChI is InChI=1S/C23H24ClNO3/c1-26-21-12-6-4-8-17(21)14-25-15-18-10-7-13-22(27-2)23(18)28-16-19-9-3-5-11-20(19)24/h3-13,25H,14-16H2,1-2H3. The fourth-order valence-electron chi connectivity index (χ4n) is 2.97. The number of nitrogens with one attached hydrogen (secondary N) is 1. The van der Waals surface area contributed by atoms with Crippen LogP contribution in [0.15, 0.2) is 66.7 Å². The van der Waals surface area contributed by atoms with Crippen LogP contribution in [0.1, 0.15) is 16.7 Å². The molecule has 0 saturated carbocycles. The van der Waals surface area contributed by atoms with Crippen molar-refractivity contribution in [1.29, 1.82) is 0 Å². The van der Waals surface area contributed by atoms with Crippen molar-refractivity contribution in [2.45, 2.75) is 19.7 Å². The zero-order chi connectivity index (χ0) is 19.8. The van der Waals surface area contributed by atoms with Gasteiger partial charge in [0, 0.05) is 34.8 Å². The van der Waals surface area contributed by atoms with Crippen LogP contribution < -0.4 is 19.5 Å². The Kier molecular flexibility index (Phi) is 7.18. The Bertz CT molecular complexity index is 914. The molecule has 0 bridgehead atoms. The van der Waals surface area contributed by atoms with Crippen LogP contribution in [0.3, 0.4) is 0 Å². The lowest BCUT2D eigenvalue weighted by atomic mass is 10.1. The van der Waals surface area contributed by atoms with Gasteiger partial charge in [0.1, 0.15) is 12.4 Å². The second-order valence-corrected chi connectivity index (χ2v) is 6.65. The van der Waals surface area contributed by atoms with Gasteiger partial charge in [-0.2, -0.15) is 0 Å². The molecule has 3 aromatic carbocycles. The summed E-state index contributed by atoms with van der Waals surface area (Å²) in [6.45, 7) is 1.69. The summed E-state index contributed by atoms with van der Waals surface area (Å²) >= 11 is 6.25. The van der Waals surface area contributed by atoms with E-state index in [1.165, 1.54) is 0 Å². The first-order chi connectivity index (χ1) is 13.7. The smallest absolute Gasteiger partial charge is 0.166 e. The fraction of sp³-hybridized carbons (Fsp3) is 0.217. The summed E-state index contributed by atoms with van der Waals surface area (Å²) in [4.78, 5) is 0. The Morgan fingerprint density at radius 3 is 2.07 bits per heavy atom. The highest BCUT2D eigenvalue weighted by atomic mass is 35.5. The van der Waals surface area contributed by atoms with E-state index < -0.39 is 0 Å². The number of hydrogen-bond acceptors (Lipinski definition) is 4. The van der Waals surface area contributed by atoms with Gasteiger partial charge in [0.15, 0.2) is 11.5 Å². The van der Waals surface area contributed by atoms with Crippen LogP contribution in [0.5, 0.6) is 17.2 Å². The highest BCUT2D eigenvalue weighted by Gasteiger charge is 2.12. The van der Waals surface area contributed by atoms with Crippen LogP contribution in [-0.2, 0) is 19.7 Å². The van der Waals surface area contributed by atoms with Gasteiger partial charge in [0.25, 0.3) is 0 Å². The maximum atomic E-state index is 6.25. The van der Waals surface area contributed by atoms with Crippen molar-refractivity contribution in [2.75, 3.05) is 14.2 Å². The van der Waals surface area contributed by atoms with Crippen molar-refractivity contribution in [3.63, 3.8) is 0 Å². The third-order valence-electron chi connectivity index (χ3n) is 4.43. The minimum Gasteiger partial charge on any atom is -0.496 e. The molecule has 3 aromatic rings. The van der Waals surface area contributed by atoms with Crippen molar-refractivity contribution in [3.05, 3.63) is 88.4 Å². The first-order valence-corrected chi connectivity index (χ1v) is 9.45. The van der Waals surface area contributed by atoms with Crippen LogP contribution >= 0.6 is 11.6 Å². The van der Waals surface area contributed by atoms with Gasteiger partial charge in [-0.25, -0.2) is 0 Å². The Morgan fingerprint density at radius 1 is 0.714 bits per heavy atom. The number of para-hydroxylation sites is 2. The van der Waals surface area contributed by atoms with Gasteiger partial charge in [0.2, 0.25) is 0 Å². The number of rotatable bonds is 9. The molecule has 3 rings (SSSR count). The van der Waals surface area contributed by atoms with Gasteiger partial charge < -0.3 is 19.5 Å². The van der Waals surface area contributed by atoms with Crippen molar-refractivity contribution in [3.8, 4) is 17.2 Å². The summed E-state index contributed by atoms with van der Waals surface area (Å²) in [7, 11) is 3.32. The summed E-state index contributed by atoms with van der Waals surface area (Å²) in [6, 6.07) is 21.5. The highest BCUT2D eigenvalue weighted by molar-refractivity contribution is 6.31. The third-order valence-corrected chi connectivity index (χ3v) is 4.80. The molecule has 0 aliphatic rings. The molecule has 0 heterocycles. The lowest BCUT2D eigenvalue weighted by Gasteiger charge is -2.16. The molecule has 0 fully saturated rings. The quantitative estimate of drug-likeness (QED) is 0.537. The van der Waals surface area contributed by atoms with Crippen molar-refractivity contribution in [2.24, 2.45) is 0 Å². The van der Waals surface area contributed by atoms with E-state index in [1.54, 1.807) is 14.2 Å². The molecular formula is C23H24ClNO3. The lowest BCUT2D eigenvalue weighted by Crippen LogP contribution is -2.14. The zero-order valence-corrected chi connectivity index (χ0v) is 16.8. The highest BCUT2D eigenvalue weighted by Crippen LogP contribution is 2.32. The molecular weight excluding hydrogens is 374 g/mol.